The SMILES string of the molecule is Cc1nc(S(=O)(=O)N2CCCC(c3nc(CNC(=O)C(C)C)cs3)C2)cn1C. The van der Waals surface area contributed by atoms with E-state index in [0.717, 1.165) is 23.5 Å². The van der Waals surface area contributed by atoms with E-state index in [2.05, 4.69) is 15.3 Å². The Morgan fingerprint density at radius 3 is 2.79 bits per heavy atom. The number of aryl methyl sites for hydroxylation is 2. The van der Waals surface area contributed by atoms with Gasteiger partial charge in [-0.2, -0.15) is 4.31 Å². The number of imidazole rings is 1. The number of hydrogen-bond acceptors (Lipinski definition) is 6. The number of nitrogens with one attached hydrogen (secondary N) is 1. The van der Waals surface area contributed by atoms with Gasteiger partial charge >= 0.3 is 0 Å². The smallest absolute Gasteiger partial charge is 0.262 e. The van der Waals surface area contributed by atoms with Gasteiger partial charge in [0.2, 0.25) is 5.91 Å². The number of thiazole rings is 1. The molecule has 154 valence electrons. The molecule has 1 aliphatic rings. The third-order valence-corrected chi connectivity index (χ3v) is 7.75. The summed E-state index contributed by atoms with van der Waals surface area (Å²) in [6.07, 6.45) is 3.25. The molecular weight excluding hydrogens is 398 g/mol. The van der Waals surface area contributed by atoms with Crippen LogP contribution >= 0.6 is 11.3 Å². The number of carbonyl (C=O) groups is 1. The van der Waals surface area contributed by atoms with Crippen LogP contribution in [0.2, 0.25) is 0 Å². The van der Waals surface area contributed by atoms with Gasteiger partial charge in [0.1, 0.15) is 5.82 Å². The average Bonchev–Trinajstić information content (AvgIpc) is 3.27. The highest BCUT2D eigenvalue weighted by atomic mass is 32.2. The summed E-state index contributed by atoms with van der Waals surface area (Å²) in [6, 6.07) is 0. The van der Waals surface area contributed by atoms with Crippen molar-refractivity contribution in [1.82, 2.24) is 24.2 Å². The lowest BCUT2D eigenvalue weighted by Gasteiger charge is -2.30. The number of carbonyl (C=O) groups excluding carboxylic acids is 1. The molecule has 1 aliphatic heterocycles. The minimum absolute atomic E-state index is 0.00450. The predicted octanol–water partition coefficient (Wildman–Crippen LogP) is 2.03. The van der Waals surface area contributed by atoms with E-state index < -0.39 is 10.0 Å². The molecule has 10 heteroatoms. The topological polar surface area (TPSA) is 97.2 Å². The summed E-state index contributed by atoms with van der Waals surface area (Å²) in [6.45, 7) is 6.78. The molecule has 0 bridgehead atoms. The zero-order valence-corrected chi connectivity index (χ0v) is 18.3. The maximum Gasteiger partial charge on any atom is 0.262 e. The third-order valence-electron chi connectivity index (χ3n) is 4.96. The van der Waals surface area contributed by atoms with Gasteiger partial charge in [0.05, 0.1) is 17.2 Å². The van der Waals surface area contributed by atoms with E-state index in [1.165, 1.54) is 15.6 Å². The summed E-state index contributed by atoms with van der Waals surface area (Å²) in [4.78, 5) is 20.6. The van der Waals surface area contributed by atoms with Gasteiger partial charge in [-0.25, -0.2) is 18.4 Å². The van der Waals surface area contributed by atoms with E-state index in [-0.39, 0.29) is 22.8 Å². The molecule has 3 heterocycles. The third kappa shape index (κ3) is 4.44. The van der Waals surface area contributed by atoms with Crippen LogP contribution in [0.4, 0.5) is 0 Å². The van der Waals surface area contributed by atoms with Gasteiger partial charge < -0.3 is 9.88 Å². The summed E-state index contributed by atoms with van der Waals surface area (Å²) >= 11 is 1.53. The van der Waals surface area contributed by atoms with Gasteiger partial charge in [0.25, 0.3) is 10.0 Å². The van der Waals surface area contributed by atoms with Crippen molar-refractivity contribution < 1.29 is 13.2 Å². The monoisotopic (exact) mass is 425 g/mol. The summed E-state index contributed by atoms with van der Waals surface area (Å²) in [5, 5.41) is 5.82. The zero-order valence-electron chi connectivity index (χ0n) is 16.7. The van der Waals surface area contributed by atoms with Crippen molar-refractivity contribution >= 4 is 27.3 Å². The van der Waals surface area contributed by atoms with Crippen molar-refractivity contribution in [2.45, 2.75) is 51.1 Å². The molecular formula is C18H27N5O3S2. The standard InChI is InChI=1S/C18H27N5O3S2/c1-12(2)17(24)19-8-15-11-27-18(21-15)14-6-5-7-23(9-14)28(25,26)16-10-22(4)13(3)20-16/h10-12,14H,5-9H2,1-4H3,(H,19,24). The lowest BCUT2D eigenvalue weighted by molar-refractivity contribution is -0.124. The Balaban J connectivity index is 1.69. The van der Waals surface area contributed by atoms with Crippen molar-refractivity contribution in [2.75, 3.05) is 13.1 Å². The van der Waals surface area contributed by atoms with Gasteiger partial charge in [-0.1, -0.05) is 13.8 Å². The number of aromatic nitrogens is 3. The van der Waals surface area contributed by atoms with Crippen molar-refractivity contribution in [3.8, 4) is 0 Å². The summed E-state index contributed by atoms with van der Waals surface area (Å²) in [7, 11) is -1.82. The second kappa shape index (κ2) is 8.30. The maximum atomic E-state index is 13.0. The van der Waals surface area contributed by atoms with E-state index in [1.807, 2.05) is 19.2 Å². The molecule has 0 radical (unpaired) electrons. The van der Waals surface area contributed by atoms with Gasteiger partial charge in [-0.05, 0) is 19.8 Å². The van der Waals surface area contributed by atoms with Crippen molar-refractivity contribution in [3.63, 3.8) is 0 Å². The summed E-state index contributed by atoms with van der Waals surface area (Å²) in [5.74, 6) is 0.661. The molecule has 0 saturated carbocycles. The zero-order chi connectivity index (χ0) is 20.5. The normalized spacial score (nSPS) is 18.5. The van der Waals surface area contributed by atoms with E-state index >= 15 is 0 Å². The van der Waals surface area contributed by atoms with Crippen LogP contribution in [-0.4, -0.2) is 46.3 Å². The largest absolute Gasteiger partial charge is 0.350 e. The van der Waals surface area contributed by atoms with Crippen LogP contribution in [-0.2, 0) is 28.4 Å². The van der Waals surface area contributed by atoms with Crippen LogP contribution in [0.5, 0.6) is 0 Å². The highest BCUT2D eigenvalue weighted by Gasteiger charge is 2.33. The second-order valence-electron chi connectivity index (χ2n) is 7.49. The highest BCUT2D eigenvalue weighted by Crippen LogP contribution is 2.31. The molecule has 1 saturated heterocycles. The van der Waals surface area contributed by atoms with Gasteiger partial charge in [-0.3, -0.25) is 4.79 Å². The van der Waals surface area contributed by atoms with Crippen molar-refractivity contribution in [1.29, 1.82) is 0 Å². The molecule has 0 aromatic carbocycles. The highest BCUT2D eigenvalue weighted by molar-refractivity contribution is 7.89. The first-order chi connectivity index (χ1) is 13.2. The van der Waals surface area contributed by atoms with E-state index in [4.69, 9.17) is 0 Å². The van der Waals surface area contributed by atoms with E-state index in [1.54, 1.807) is 24.7 Å². The maximum absolute atomic E-state index is 13.0. The fourth-order valence-corrected chi connectivity index (χ4v) is 5.61. The number of piperidine rings is 1. The number of rotatable bonds is 6. The minimum atomic E-state index is -3.61. The quantitative estimate of drug-likeness (QED) is 0.764. The Morgan fingerprint density at radius 1 is 1.39 bits per heavy atom. The molecule has 0 aliphatic carbocycles. The molecule has 1 atom stereocenters. The van der Waals surface area contributed by atoms with Gasteiger partial charge in [-0.15, -0.1) is 11.3 Å². The Hall–Kier alpha value is -1.78. The number of hydrogen-bond donors (Lipinski definition) is 1. The van der Waals surface area contributed by atoms with Crippen LogP contribution in [0.3, 0.4) is 0 Å². The minimum Gasteiger partial charge on any atom is -0.350 e. The first-order valence-corrected chi connectivity index (χ1v) is 11.7. The molecule has 3 rings (SSSR count). The number of nitrogens with zero attached hydrogens (tertiary/aromatic N) is 4. The number of sulfonamides is 1. The lowest BCUT2D eigenvalue weighted by Crippen LogP contribution is -2.39. The van der Waals surface area contributed by atoms with Crippen LogP contribution in [0.1, 0.15) is 49.1 Å². The molecule has 1 unspecified atom stereocenters. The first-order valence-electron chi connectivity index (χ1n) is 9.40. The molecule has 0 spiro atoms. The molecule has 2 aromatic heterocycles. The van der Waals surface area contributed by atoms with Crippen molar-refractivity contribution in [3.05, 3.63) is 28.1 Å². The molecule has 1 N–H and O–H groups in total. The van der Waals surface area contributed by atoms with E-state index in [0.29, 0.717) is 25.5 Å². The van der Waals surface area contributed by atoms with Crippen LogP contribution in [0, 0.1) is 12.8 Å². The fourth-order valence-electron chi connectivity index (χ4n) is 3.12. The summed E-state index contributed by atoms with van der Waals surface area (Å²) < 4.78 is 29.2. The molecule has 2 aromatic rings. The first kappa shape index (κ1) is 20.9. The average molecular weight is 426 g/mol. The Labute approximate surface area is 170 Å². The molecule has 8 nitrogen and oxygen atoms in total. The van der Waals surface area contributed by atoms with Crippen LogP contribution in [0.25, 0.3) is 0 Å². The Morgan fingerprint density at radius 2 is 2.14 bits per heavy atom. The van der Waals surface area contributed by atoms with Crippen LogP contribution in [0.15, 0.2) is 16.6 Å². The number of amides is 1. The molecule has 28 heavy (non-hydrogen) atoms. The predicted molar refractivity (Wildman–Crippen MR) is 107 cm³/mol. The van der Waals surface area contributed by atoms with E-state index in [9.17, 15) is 13.2 Å². The fraction of sp³-hybridized carbons (Fsp3) is 0.611. The Kier molecular flexibility index (Phi) is 6.21. The molecule has 1 fully saturated rings. The second-order valence-corrected chi connectivity index (χ2v) is 10.3. The van der Waals surface area contributed by atoms with Crippen LogP contribution < -0.4 is 5.32 Å². The van der Waals surface area contributed by atoms with Crippen molar-refractivity contribution in [2.24, 2.45) is 13.0 Å². The van der Waals surface area contributed by atoms with Gasteiger partial charge in [0.15, 0.2) is 5.03 Å². The van der Waals surface area contributed by atoms with Gasteiger partial charge in [0, 0.05) is 43.5 Å². The lowest BCUT2D eigenvalue weighted by atomic mass is 10.0. The Bertz CT molecular complexity index is 929. The summed E-state index contributed by atoms with van der Waals surface area (Å²) in [5.41, 5.74) is 0.814. The molecule has 1 amide bonds.